The lowest BCUT2D eigenvalue weighted by Crippen LogP contribution is -2.19. The topological polar surface area (TPSA) is 89.1 Å². The maximum Gasteiger partial charge on any atom is 0.285 e. The van der Waals surface area contributed by atoms with Crippen molar-refractivity contribution < 1.29 is 4.42 Å². The van der Waals surface area contributed by atoms with Gasteiger partial charge in [0, 0.05) is 17.2 Å². The van der Waals surface area contributed by atoms with Crippen molar-refractivity contribution in [3.63, 3.8) is 0 Å². The number of aromatic nitrogens is 5. The molecule has 28 heavy (non-hydrogen) atoms. The molecule has 3 aromatic heterocycles. The Bertz CT molecular complexity index is 1060. The van der Waals surface area contributed by atoms with E-state index < -0.39 is 0 Å². The first kappa shape index (κ1) is 17.6. The maximum absolute atomic E-state index is 13.3. The number of hydrogen-bond acceptors (Lipinski definition) is 5. The number of fused-ring (bicyclic) bond motifs is 1. The zero-order chi connectivity index (χ0) is 19.3. The maximum atomic E-state index is 13.3. The minimum absolute atomic E-state index is 0.159. The van der Waals surface area contributed by atoms with E-state index >= 15 is 0 Å². The normalized spacial score (nSPS) is 19.1. The van der Waals surface area contributed by atoms with E-state index in [2.05, 4.69) is 15.3 Å². The van der Waals surface area contributed by atoms with Gasteiger partial charge in [-0.1, -0.05) is 32.1 Å². The molecule has 7 nitrogen and oxygen atoms in total. The van der Waals surface area contributed by atoms with E-state index in [4.69, 9.17) is 9.40 Å². The van der Waals surface area contributed by atoms with Crippen molar-refractivity contribution in [1.82, 2.24) is 24.8 Å². The Balaban J connectivity index is 1.59. The standard InChI is InChI=1S/C21H27N5O2/c1-12-17(20-24-23-19(28-20)15-10-4-3-5-11-15)21(27)26-18(22-12)16(13(2)25-26)14-8-6-7-9-14/h14-15,25H,3-11H2,1-2H3. The zero-order valence-electron chi connectivity index (χ0n) is 16.6. The van der Waals surface area contributed by atoms with Gasteiger partial charge in [-0.25, -0.2) is 9.50 Å². The second kappa shape index (κ2) is 6.87. The molecule has 2 saturated carbocycles. The molecule has 1 N–H and O–H groups in total. The molecule has 0 amide bonds. The second-order valence-corrected chi connectivity index (χ2v) is 8.45. The molecule has 0 bridgehead atoms. The summed E-state index contributed by atoms with van der Waals surface area (Å²) in [6.07, 6.45) is 10.7. The first-order chi connectivity index (χ1) is 13.6. The van der Waals surface area contributed by atoms with Crippen molar-refractivity contribution in [1.29, 1.82) is 0 Å². The van der Waals surface area contributed by atoms with Gasteiger partial charge < -0.3 is 4.42 Å². The number of aryl methyl sites for hydroxylation is 2. The quantitative estimate of drug-likeness (QED) is 0.726. The number of H-pyrrole nitrogens is 1. The molecule has 3 aromatic rings. The minimum Gasteiger partial charge on any atom is -0.420 e. The molecule has 0 aliphatic heterocycles. The molecule has 2 fully saturated rings. The molecule has 0 atom stereocenters. The average molecular weight is 381 g/mol. The van der Waals surface area contributed by atoms with E-state index in [1.54, 1.807) is 4.52 Å². The summed E-state index contributed by atoms with van der Waals surface area (Å²) in [6, 6.07) is 0. The highest BCUT2D eigenvalue weighted by Gasteiger charge is 2.28. The van der Waals surface area contributed by atoms with E-state index in [1.165, 1.54) is 50.5 Å². The fourth-order valence-corrected chi connectivity index (χ4v) is 5.11. The predicted octanol–water partition coefficient (Wildman–Crippen LogP) is 4.39. The van der Waals surface area contributed by atoms with Crippen molar-refractivity contribution in [3.8, 4) is 11.5 Å². The summed E-state index contributed by atoms with van der Waals surface area (Å²) in [5.74, 6) is 1.75. The van der Waals surface area contributed by atoms with E-state index in [9.17, 15) is 4.79 Å². The Morgan fingerprint density at radius 2 is 1.64 bits per heavy atom. The zero-order valence-corrected chi connectivity index (χ0v) is 16.6. The predicted molar refractivity (Wildman–Crippen MR) is 106 cm³/mol. The monoisotopic (exact) mass is 381 g/mol. The Kier molecular flexibility index (Phi) is 4.33. The molecular weight excluding hydrogens is 354 g/mol. The Morgan fingerprint density at radius 3 is 2.39 bits per heavy atom. The Morgan fingerprint density at radius 1 is 0.964 bits per heavy atom. The van der Waals surface area contributed by atoms with Gasteiger partial charge in [-0.05, 0) is 45.4 Å². The Hall–Kier alpha value is -2.44. The van der Waals surface area contributed by atoms with Crippen molar-refractivity contribution >= 4 is 5.65 Å². The van der Waals surface area contributed by atoms with Gasteiger partial charge in [0.25, 0.3) is 11.4 Å². The van der Waals surface area contributed by atoms with Crippen molar-refractivity contribution in [2.24, 2.45) is 0 Å². The van der Waals surface area contributed by atoms with Crippen LogP contribution in [0.4, 0.5) is 0 Å². The van der Waals surface area contributed by atoms with Crippen LogP contribution in [0.15, 0.2) is 9.21 Å². The van der Waals surface area contributed by atoms with Crippen LogP contribution in [0.1, 0.15) is 92.5 Å². The highest BCUT2D eigenvalue weighted by molar-refractivity contribution is 5.61. The van der Waals surface area contributed by atoms with Crippen LogP contribution in [0.25, 0.3) is 17.1 Å². The molecule has 2 aliphatic rings. The van der Waals surface area contributed by atoms with Crippen molar-refractivity contribution in [2.45, 2.75) is 83.5 Å². The summed E-state index contributed by atoms with van der Waals surface area (Å²) in [6.45, 7) is 3.90. The molecule has 0 saturated heterocycles. The third-order valence-corrected chi connectivity index (χ3v) is 6.56. The lowest BCUT2D eigenvalue weighted by molar-refractivity contribution is 0.367. The number of rotatable bonds is 3. The van der Waals surface area contributed by atoms with Gasteiger partial charge >= 0.3 is 0 Å². The first-order valence-electron chi connectivity index (χ1n) is 10.6. The van der Waals surface area contributed by atoms with Crippen LogP contribution in [-0.2, 0) is 0 Å². The number of aromatic amines is 1. The molecule has 0 radical (unpaired) electrons. The molecule has 2 aliphatic carbocycles. The smallest absolute Gasteiger partial charge is 0.285 e. The van der Waals surface area contributed by atoms with Crippen molar-refractivity contribution in [3.05, 3.63) is 33.2 Å². The molecular formula is C21H27N5O2. The number of nitrogens with zero attached hydrogens (tertiary/aromatic N) is 4. The van der Waals surface area contributed by atoms with Crippen LogP contribution >= 0.6 is 0 Å². The van der Waals surface area contributed by atoms with Crippen LogP contribution in [0, 0.1) is 13.8 Å². The van der Waals surface area contributed by atoms with E-state index in [0.29, 0.717) is 34.9 Å². The molecule has 5 rings (SSSR count). The summed E-state index contributed by atoms with van der Waals surface area (Å²) < 4.78 is 7.53. The molecule has 148 valence electrons. The van der Waals surface area contributed by atoms with Crippen LogP contribution < -0.4 is 5.56 Å². The fourth-order valence-electron chi connectivity index (χ4n) is 5.11. The van der Waals surface area contributed by atoms with Crippen LogP contribution in [0.5, 0.6) is 0 Å². The van der Waals surface area contributed by atoms with E-state index in [1.807, 2.05) is 13.8 Å². The second-order valence-electron chi connectivity index (χ2n) is 8.45. The van der Waals surface area contributed by atoms with Gasteiger partial charge in [0.05, 0.1) is 5.69 Å². The SMILES string of the molecule is Cc1nc2c(C3CCCC3)c(C)[nH]n2c(=O)c1-c1nnc(C2CCCCC2)o1. The fraction of sp³-hybridized carbons (Fsp3) is 0.619. The van der Waals surface area contributed by atoms with E-state index in [-0.39, 0.29) is 5.56 Å². The third-order valence-electron chi connectivity index (χ3n) is 6.56. The van der Waals surface area contributed by atoms with Crippen LogP contribution in [-0.4, -0.2) is 24.8 Å². The number of hydrogen-bond donors (Lipinski definition) is 1. The summed E-state index contributed by atoms with van der Waals surface area (Å²) in [4.78, 5) is 18.1. The molecule has 0 unspecified atom stereocenters. The van der Waals surface area contributed by atoms with Gasteiger partial charge in [0.1, 0.15) is 5.56 Å². The van der Waals surface area contributed by atoms with Gasteiger partial charge in [-0.2, -0.15) is 0 Å². The van der Waals surface area contributed by atoms with Gasteiger partial charge in [-0.3, -0.25) is 9.89 Å². The summed E-state index contributed by atoms with van der Waals surface area (Å²) in [5, 5.41) is 11.7. The van der Waals surface area contributed by atoms with Crippen molar-refractivity contribution in [2.75, 3.05) is 0 Å². The van der Waals surface area contributed by atoms with Gasteiger partial charge in [0.2, 0.25) is 5.89 Å². The molecule has 0 aromatic carbocycles. The minimum atomic E-state index is -0.159. The molecule has 3 heterocycles. The first-order valence-corrected chi connectivity index (χ1v) is 10.6. The van der Waals surface area contributed by atoms with Gasteiger partial charge in [0.15, 0.2) is 5.65 Å². The highest BCUT2D eigenvalue weighted by atomic mass is 16.4. The summed E-state index contributed by atoms with van der Waals surface area (Å²) >= 11 is 0. The van der Waals surface area contributed by atoms with E-state index in [0.717, 1.165) is 24.2 Å². The highest BCUT2D eigenvalue weighted by Crippen LogP contribution is 2.38. The summed E-state index contributed by atoms with van der Waals surface area (Å²) in [5.41, 5.74) is 3.88. The summed E-state index contributed by atoms with van der Waals surface area (Å²) in [7, 11) is 0. The number of nitrogens with one attached hydrogen (secondary N) is 1. The molecule has 7 heteroatoms. The van der Waals surface area contributed by atoms with Gasteiger partial charge in [-0.15, -0.1) is 10.2 Å². The Labute approximate surface area is 163 Å². The lowest BCUT2D eigenvalue weighted by atomic mass is 9.89. The average Bonchev–Trinajstić information content (AvgIpc) is 3.43. The van der Waals surface area contributed by atoms with Crippen LogP contribution in [0.3, 0.4) is 0 Å². The molecule has 0 spiro atoms. The largest absolute Gasteiger partial charge is 0.420 e. The lowest BCUT2D eigenvalue weighted by Gasteiger charge is -2.17. The third kappa shape index (κ3) is 2.79. The van der Waals surface area contributed by atoms with Crippen LogP contribution in [0.2, 0.25) is 0 Å².